The van der Waals surface area contributed by atoms with Gasteiger partial charge in [-0.25, -0.2) is 4.98 Å². The molecule has 37 heavy (non-hydrogen) atoms. The van der Waals surface area contributed by atoms with Gasteiger partial charge >= 0.3 is 0 Å². The number of fused-ring (bicyclic) bond motifs is 1. The van der Waals surface area contributed by atoms with Crippen molar-refractivity contribution >= 4 is 40.5 Å². The third kappa shape index (κ3) is 4.91. The van der Waals surface area contributed by atoms with Crippen molar-refractivity contribution in [1.82, 2.24) is 9.97 Å². The summed E-state index contributed by atoms with van der Waals surface area (Å²) < 4.78 is 5.65. The van der Waals surface area contributed by atoms with E-state index in [4.69, 9.17) is 26.0 Å². The van der Waals surface area contributed by atoms with Crippen molar-refractivity contribution in [3.8, 4) is 0 Å². The minimum atomic E-state index is -0.0235. The smallest absolute Gasteiger partial charge is 0.227 e. The molecule has 2 aromatic carbocycles. The van der Waals surface area contributed by atoms with Crippen LogP contribution in [0.2, 0.25) is 5.02 Å². The van der Waals surface area contributed by atoms with Gasteiger partial charge in [-0.2, -0.15) is 4.98 Å². The molecular formula is C29H28ClN5O2. The van der Waals surface area contributed by atoms with Crippen LogP contribution in [-0.2, 0) is 6.42 Å². The molecule has 1 aliphatic heterocycles. The highest BCUT2D eigenvalue weighted by Crippen LogP contribution is 2.37. The molecule has 1 unspecified atom stereocenters. The zero-order chi connectivity index (χ0) is 25.4. The fraction of sp³-hybridized carbons (Fsp3) is 0.276. The summed E-state index contributed by atoms with van der Waals surface area (Å²) in [5.74, 6) is 2.05. The molecule has 0 amide bonds. The lowest BCUT2D eigenvalue weighted by molar-refractivity contribution is 0.0959. The first-order chi connectivity index (χ1) is 18.0. The molecule has 1 fully saturated rings. The van der Waals surface area contributed by atoms with Crippen LogP contribution < -0.4 is 15.1 Å². The van der Waals surface area contributed by atoms with Crippen molar-refractivity contribution in [2.24, 2.45) is 0 Å². The van der Waals surface area contributed by atoms with Crippen molar-refractivity contribution in [2.75, 3.05) is 41.3 Å². The van der Waals surface area contributed by atoms with E-state index in [1.165, 1.54) is 5.56 Å². The Labute approximate surface area is 221 Å². The van der Waals surface area contributed by atoms with E-state index >= 15 is 0 Å². The van der Waals surface area contributed by atoms with Crippen LogP contribution in [0.5, 0.6) is 0 Å². The normalized spacial score (nSPS) is 17.6. The number of hydrogen-bond acceptors (Lipinski definition) is 7. The Morgan fingerprint density at radius 3 is 2.46 bits per heavy atom. The van der Waals surface area contributed by atoms with E-state index in [-0.39, 0.29) is 11.7 Å². The summed E-state index contributed by atoms with van der Waals surface area (Å²) >= 11 is 6.21. The van der Waals surface area contributed by atoms with Crippen LogP contribution in [0.4, 0.5) is 23.1 Å². The molecule has 4 aromatic rings. The van der Waals surface area contributed by atoms with Gasteiger partial charge in [0.1, 0.15) is 11.6 Å². The van der Waals surface area contributed by atoms with Gasteiger partial charge in [-0.15, -0.1) is 0 Å². The van der Waals surface area contributed by atoms with Crippen LogP contribution in [0.1, 0.15) is 39.7 Å². The maximum atomic E-state index is 13.4. The number of Topliss-reactive ketones (excluding diaryl/α,β-unsaturated/α-hetero) is 1. The van der Waals surface area contributed by atoms with Crippen LogP contribution in [0.25, 0.3) is 0 Å². The van der Waals surface area contributed by atoms with Crippen LogP contribution in [0, 0.1) is 6.92 Å². The zero-order valence-electron chi connectivity index (χ0n) is 20.7. The number of aryl methyl sites for hydroxylation is 1. The maximum absolute atomic E-state index is 13.4. The van der Waals surface area contributed by atoms with Gasteiger partial charge in [0.05, 0.1) is 17.5 Å². The van der Waals surface area contributed by atoms with Gasteiger partial charge in [0.2, 0.25) is 5.95 Å². The number of furan rings is 1. The molecule has 1 saturated heterocycles. The van der Waals surface area contributed by atoms with Gasteiger partial charge in [0, 0.05) is 61.3 Å². The van der Waals surface area contributed by atoms with Crippen LogP contribution in [-0.4, -0.2) is 41.9 Å². The number of halogens is 1. The first kappa shape index (κ1) is 23.6. The number of aromatic nitrogens is 2. The summed E-state index contributed by atoms with van der Waals surface area (Å²) in [5, 5.41) is 4.15. The van der Waals surface area contributed by atoms with E-state index in [0.29, 0.717) is 30.2 Å². The number of hydrogen-bond donors (Lipinski definition) is 1. The number of anilines is 4. The third-order valence-corrected chi connectivity index (χ3v) is 7.35. The first-order valence-electron chi connectivity index (χ1n) is 12.6. The van der Waals surface area contributed by atoms with Crippen molar-refractivity contribution < 1.29 is 9.21 Å². The van der Waals surface area contributed by atoms with E-state index in [2.05, 4.69) is 28.1 Å². The second-order valence-electron chi connectivity index (χ2n) is 9.68. The van der Waals surface area contributed by atoms with Gasteiger partial charge in [0.15, 0.2) is 5.78 Å². The average Bonchev–Trinajstić information content (AvgIpc) is 3.45. The number of nitrogens with zero attached hydrogens (tertiary/aromatic N) is 4. The Morgan fingerprint density at radius 1 is 0.946 bits per heavy atom. The van der Waals surface area contributed by atoms with E-state index in [0.717, 1.165) is 54.0 Å². The van der Waals surface area contributed by atoms with E-state index in [1.54, 1.807) is 6.26 Å². The Bertz CT molecular complexity index is 1410. The SMILES string of the molecule is Cc1ccc(Nc2nc(N3CCN(c4cccc(Cl)c4)CC3)nc3c2C(=O)CC(c2ccco2)C3)cc1. The molecule has 188 valence electrons. The number of nitrogens with one attached hydrogen (secondary N) is 1. The Balaban J connectivity index is 1.31. The van der Waals surface area contributed by atoms with Gasteiger partial charge in [-0.1, -0.05) is 35.4 Å². The summed E-state index contributed by atoms with van der Waals surface area (Å²) in [6, 6.07) is 19.8. The Hall–Kier alpha value is -3.84. The van der Waals surface area contributed by atoms with E-state index in [1.807, 2.05) is 54.6 Å². The quantitative estimate of drug-likeness (QED) is 0.350. The molecule has 0 spiro atoms. The summed E-state index contributed by atoms with van der Waals surface area (Å²) in [6.07, 6.45) is 2.67. The predicted octanol–water partition coefficient (Wildman–Crippen LogP) is 6.01. The first-order valence-corrected chi connectivity index (χ1v) is 13.0. The summed E-state index contributed by atoms with van der Waals surface area (Å²) in [6.45, 7) is 5.25. The molecule has 8 heteroatoms. The lowest BCUT2D eigenvalue weighted by atomic mass is 9.84. The number of rotatable bonds is 5. The Kier molecular flexibility index (Phi) is 6.30. The molecule has 1 atom stereocenters. The second kappa shape index (κ2) is 9.90. The molecule has 1 N–H and O–H groups in total. The monoisotopic (exact) mass is 513 g/mol. The zero-order valence-corrected chi connectivity index (χ0v) is 21.4. The number of benzene rings is 2. The maximum Gasteiger partial charge on any atom is 0.227 e. The molecule has 0 bridgehead atoms. The minimum absolute atomic E-state index is 0.0235. The largest absolute Gasteiger partial charge is 0.469 e. The fourth-order valence-corrected chi connectivity index (χ4v) is 5.32. The number of piperazine rings is 1. The van der Waals surface area contributed by atoms with Crippen LogP contribution >= 0.6 is 11.6 Å². The highest BCUT2D eigenvalue weighted by Gasteiger charge is 2.33. The molecule has 0 saturated carbocycles. The van der Waals surface area contributed by atoms with Gasteiger partial charge < -0.3 is 19.5 Å². The molecule has 2 aliphatic rings. The van der Waals surface area contributed by atoms with Gasteiger partial charge in [-0.05, 0) is 49.4 Å². The standard InChI is InChI=1S/C29H28ClN5O2/c1-19-7-9-22(10-8-19)31-28-27-24(16-20(17-25(27)36)26-6-3-15-37-26)32-29(33-28)35-13-11-34(12-14-35)23-5-2-4-21(30)18-23/h2-10,15,18,20H,11-14,16-17H2,1H3,(H,31,32,33). The van der Waals surface area contributed by atoms with E-state index < -0.39 is 0 Å². The minimum Gasteiger partial charge on any atom is -0.469 e. The number of carbonyl (C=O) groups excluding carboxylic acids is 1. The van der Waals surface area contributed by atoms with Crippen LogP contribution in [0.3, 0.4) is 0 Å². The lowest BCUT2D eigenvalue weighted by Gasteiger charge is -2.36. The average molecular weight is 514 g/mol. The molecule has 6 rings (SSSR count). The van der Waals surface area contributed by atoms with Crippen molar-refractivity contribution in [2.45, 2.75) is 25.7 Å². The summed E-state index contributed by atoms with van der Waals surface area (Å²) in [4.78, 5) is 27.7. The molecule has 1 aliphatic carbocycles. The molecule has 3 heterocycles. The van der Waals surface area contributed by atoms with Crippen LogP contribution in [0.15, 0.2) is 71.3 Å². The predicted molar refractivity (Wildman–Crippen MR) is 146 cm³/mol. The third-order valence-electron chi connectivity index (χ3n) is 7.12. The number of ketones is 1. The van der Waals surface area contributed by atoms with Crippen molar-refractivity contribution in [3.63, 3.8) is 0 Å². The second-order valence-corrected chi connectivity index (χ2v) is 10.1. The highest BCUT2D eigenvalue weighted by molar-refractivity contribution is 6.30. The van der Waals surface area contributed by atoms with Crippen molar-refractivity contribution in [1.29, 1.82) is 0 Å². The topological polar surface area (TPSA) is 74.5 Å². The Morgan fingerprint density at radius 2 is 1.73 bits per heavy atom. The fourth-order valence-electron chi connectivity index (χ4n) is 5.13. The lowest BCUT2D eigenvalue weighted by Crippen LogP contribution is -2.47. The molecular weight excluding hydrogens is 486 g/mol. The number of carbonyl (C=O) groups is 1. The molecule has 0 radical (unpaired) electrons. The van der Waals surface area contributed by atoms with E-state index in [9.17, 15) is 4.79 Å². The summed E-state index contributed by atoms with van der Waals surface area (Å²) in [7, 11) is 0. The van der Waals surface area contributed by atoms with Gasteiger partial charge in [0.25, 0.3) is 0 Å². The summed E-state index contributed by atoms with van der Waals surface area (Å²) in [5.41, 5.74) is 4.54. The highest BCUT2D eigenvalue weighted by atomic mass is 35.5. The molecule has 7 nitrogen and oxygen atoms in total. The molecule has 2 aromatic heterocycles. The van der Waals surface area contributed by atoms with Gasteiger partial charge in [-0.3, -0.25) is 4.79 Å². The van der Waals surface area contributed by atoms with Crippen molar-refractivity contribution in [3.05, 3.63) is 94.5 Å².